The molecule has 3 heterocycles. The first-order valence-corrected chi connectivity index (χ1v) is 9.81. The normalized spacial score (nSPS) is 17.5. The van der Waals surface area contributed by atoms with E-state index in [4.69, 9.17) is 11.6 Å². The maximum atomic E-state index is 14.3. The Morgan fingerprint density at radius 2 is 2.10 bits per heavy atom. The molecule has 1 aromatic carbocycles. The van der Waals surface area contributed by atoms with Crippen molar-refractivity contribution in [1.82, 2.24) is 14.8 Å². The zero-order chi connectivity index (χ0) is 21.6. The maximum Gasteiger partial charge on any atom is 0.274 e. The molecule has 9 heteroatoms. The molecule has 2 amide bonds. The third-order valence-electron chi connectivity index (χ3n) is 5.46. The molecule has 1 aromatic heterocycles. The van der Waals surface area contributed by atoms with E-state index in [2.05, 4.69) is 5.32 Å². The minimum absolute atomic E-state index is 0.0299. The van der Waals surface area contributed by atoms with Crippen LogP contribution in [0.3, 0.4) is 0 Å². The van der Waals surface area contributed by atoms with Gasteiger partial charge in [-0.15, -0.1) is 0 Å². The van der Waals surface area contributed by atoms with Gasteiger partial charge in [-0.3, -0.25) is 14.4 Å². The number of aryl methyl sites for hydroxylation is 1. The van der Waals surface area contributed by atoms with Crippen LogP contribution in [0.15, 0.2) is 35.3 Å². The fourth-order valence-electron chi connectivity index (χ4n) is 3.75. The third-order valence-corrected chi connectivity index (χ3v) is 5.93. The van der Waals surface area contributed by atoms with Crippen LogP contribution < -0.4 is 10.7 Å². The van der Waals surface area contributed by atoms with Crippen LogP contribution in [0.1, 0.15) is 44.4 Å². The van der Waals surface area contributed by atoms with Gasteiger partial charge in [0.2, 0.25) is 5.43 Å². The zero-order valence-electron chi connectivity index (χ0n) is 16.1. The summed E-state index contributed by atoms with van der Waals surface area (Å²) >= 11 is 5.90. The van der Waals surface area contributed by atoms with Gasteiger partial charge in [0.15, 0.2) is 11.4 Å². The van der Waals surface area contributed by atoms with Gasteiger partial charge in [0.1, 0.15) is 11.4 Å². The Labute approximate surface area is 176 Å². The van der Waals surface area contributed by atoms with Gasteiger partial charge in [-0.25, -0.2) is 4.39 Å². The molecule has 30 heavy (non-hydrogen) atoms. The van der Waals surface area contributed by atoms with Crippen LogP contribution in [-0.2, 0) is 6.54 Å². The molecule has 0 aliphatic carbocycles. The average molecular weight is 432 g/mol. The van der Waals surface area contributed by atoms with Gasteiger partial charge in [-0.1, -0.05) is 35.9 Å². The number of nitrogens with one attached hydrogen (secondary N) is 1. The Hall–Kier alpha value is -3.13. The summed E-state index contributed by atoms with van der Waals surface area (Å²) in [4.78, 5) is 39.5. The molecule has 0 saturated carbocycles. The minimum Gasteiger partial charge on any atom is -0.503 e. The summed E-state index contributed by atoms with van der Waals surface area (Å²) < 4.78 is 15.8. The second-order valence-corrected chi connectivity index (χ2v) is 7.78. The Bertz CT molecular complexity index is 1160. The SMILES string of the molecule is Cc1ccc(CNC(=O)c2cn3c(c(O)c2=O)C(=O)N2CC=CCC3C2)c(F)c1Cl. The van der Waals surface area contributed by atoms with Crippen molar-refractivity contribution >= 4 is 23.4 Å². The van der Waals surface area contributed by atoms with Crippen molar-refractivity contribution < 1.29 is 19.1 Å². The number of halogens is 2. The second kappa shape index (κ2) is 7.60. The molecule has 1 unspecified atom stereocenters. The minimum atomic E-state index is -0.942. The number of carbonyl (C=O) groups is 2. The van der Waals surface area contributed by atoms with Crippen LogP contribution in [0.25, 0.3) is 0 Å². The molecule has 0 fully saturated rings. The molecule has 4 rings (SSSR count). The van der Waals surface area contributed by atoms with Crippen LogP contribution in [0, 0.1) is 12.7 Å². The van der Waals surface area contributed by atoms with Crippen LogP contribution in [0.2, 0.25) is 5.02 Å². The van der Waals surface area contributed by atoms with Crippen LogP contribution in [0.5, 0.6) is 5.75 Å². The lowest BCUT2D eigenvalue weighted by Crippen LogP contribution is -2.44. The number of nitrogens with zero attached hydrogens (tertiary/aromatic N) is 2. The largest absolute Gasteiger partial charge is 0.503 e. The highest BCUT2D eigenvalue weighted by atomic mass is 35.5. The van der Waals surface area contributed by atoms with Gasteiger partial charge >= 0.3 is 0 Å². The summed E-state index contributed by atoms with van der Waals surface area (Å²) in [5, 5.41) is 12.9. The summed E-state index contributed by atoms with van der Waals surface area (Å²) in [6.45, 7) is 2.28. The maximum absolute atomic E-state index is 14.3. The Morgan fingerprint density at radius 3 is 2.87 bits per heavy atom. The highest BCUT2D eigenvalue weighted by molar-refractivity contribution is 6.31. The van der Waals surface area contributed by atoms with Gasteiger partial charge < -0.3 is 19.9 Å². The third kappa shape index (κ3) is 3.27. The van der Waals surface area contributed by atoms with Crippen LogP contribution >= 0.6 is 11.6 Å². The first-order valence-electron chi connectivity index (χ1n) is 9.43. The highest BCUT2D eigenvalue weighted by Gasteiger charge is 2.35. The van der Waals surface area contributed by atoms with E-state index >= 15 is 0 Å². The number of rotatable bonds is 3. The summed E-state index contributed by atoms with van der Waals surface area (Å²) in [7, 11) is 0. The molecular formula is C21H19ClFN3O4. The Kier molecular flexibility index (Phi) is 5.11. The van der Waals surface area contributed by atoms with Gasteiger partial charge in [0, 0.05) is 31.4 Å². The lowest BCUT2D eigenvalue weighted by molar-refractivity contribution is 0.0688. The van der Waals surface area contributed by atoms with Crippen molar-refractivity contribution in [3.8, 4) is 5.75 Å². The van der Waals surface area contributed by atoms with E-state index in [0.29, 0.717) is 25.1 Å². The predicted molar refractivity (Wildman–Crippen MR) is 108 cm³/mol. The van der Waals surface area contributed by atoms with E-state index in [0.717, 1.165) is 0 Å². The summed E-state index contributed by atoms with van der Waals surface area (Å²) in [5.41, 5.74) is -0.640. The molecule has 156 valence electrons. The lowest BCUT2D eigenvalue weighted by atomic mass is 10.1. The quantitative estimate of drug-likeness (QED) is 0.730. The van der Waals surface area contributed by atoms with Crippen molar-refractivity contribution in [2.45, 2.75) is 25.9 Å². The van der Waals surface area contributed by atoms with Crippen molar-refractivity contribution in [1.29, 1.82) is 0 Å². The summed E-state index contributed by atoms with van der Waals surface area (Å²) in [5.74, 6) is -2.64. The number of fused-ring (bicyclic) bond motifs is 4. The number of hydrogen-bond donors (Lipinski definition) is 2. The monoisotopic (exact) mass is 431 g/mol. The van der Waals surface area contributed by atoms with E-state index in [1.165, 1.54) is 16.8 Å². The van der Waals surface area contributed by atoms with Gasteiger partial charge in [-0.05, 0) is 18.9 Å². The van der Waals surface area contributed by atoms with Crippen molar-refractivity contribution in [3.05, 3.63) is 73.9 Å². The topological polar surface area (TPSA) is 91.6 Å². The average Bonchev–Trinajstić information content (AvgIpc) is 2.95. The van der Waals surface area contributed by atoms with E-state index in [1.807, 2.05) is 12.2 Å². The van der Waals surface area contributed by atoms with Crippen molar-refractivity contribution in [3.63, 3.8) is 0 Å². The summed E-state index contributed by atoms with van der Waals surface area (Å²) in [6, 6.07) is 2.92. The summed E-state index contributed by atoms with van der Waals surface area (Å²) in [6.07, 6.45) is 5.66. The van der Waals surface area contributed by atoms with Crippen molar-refractivity contribution in [2.75, 3.05) is 13.1 Å². The molecule has 0 spiro atoms. The second-order valence-electron chi connectivity index (χ2n) is 7.40. The molecule has 0 radical (unpaired) electrons. The van der Waals surface area contributed by atoms with Gasteiger partial charge in [0.25, 0.3) is 11.8 Å². The van der Waals surface area contributed by atoms with Gasteiger partial charge in [0.05, 0.1) is 11.1 Å². The molecule has 2 N–H and O–H groups in total. The van der Waals surface area contributed by atoms with Crippen LogP contribution in [-0.4, -0.2) is 39.5 Å². The molecule has 2 aliphatic rings. The number of allylic oxidation sites excluding steroid dienone is 1. The lowest BCUT2D eigenvalue weighted by Gasteiger charge is -2.34. The zero-order valence-corrected chi connectivity index (χ0v) is 16.9. The standard InChI is InChI=1S/C21H19ClFN3O4/c1-11-5-6-12(16(23)15(11)22)8-24-20(29)14-10-26-13-4-2-3-7-25(9-13)21(30)17(26)19(28)18(14)27/h2-3,5-6,10,13,28H,4,7-9H2,1H3,(H,24,29). The van der Waals surface area contributed by atoms with Crippen molar-refractivity contribution in [2.24, 2.45) is 0 Å². The molecular weight excluding hydrogens is 413 g/mol. The van der Waals surface area contributed by atoms with E-state index in [-0.39, 0.29) is 34.4 Å². The molecule has 2 aromatic rings. The van der Waals surface area contributed by atoms with E-state index in [1.54, 1.807) is 17.9 Å². The smallest absolute Gasteiger partial charge is 0.274 e. The van der Waals surface area contributed by atoms with Gasteiger partial charge in [-0.2, -0.15) is 0 Å². The number of carbonyl (C=O) groups excluding carboxylic acids is 2. The van der Waals surface area contributed by atoms with E-state index in [9.17, 15) is 23.9 Å². The Balaban J connectivity index is 1.66. The number of benzene rings is 1. The number of pyridine rings is 1. The fraction of sp³-hybridized carbons (Fsp3) is 0.286. The Morgan fingerprint density at radius 1 is 1.33 bits per heavy atom. The molecule has 2 bridgehead atoms. The molecule has 2 aliphatic heterocycles. The number of hydrogen-bond acceptors (Lipinski definition) is 4. The molecule has 7 nitrogen and oxygen atoms in total. The van der Waals surface area contributed by atoms with E-state index < -0.39 is 28.8 Å². The predicted octanol–water partition coefficient (Wildman–Crippen LogP) is 2.54. The number of aromatic nitrogens is 1. The fourth-order valence-corrected chi connectivity index (χ4v) is 3.93. The van der Waals surface area contributed by atoms with Crippen LogP contribution in [0.4, 0.5) is 4.39 Å². The first kappa shape index (κ1) is 20.2. The first-order chi connectivity index (χ1) is 14.3. The highest BCUT2D eigenvalue weighted by Crippen LogP contribution is 2.30. The number of amides is 2. The molecule has 0 saturated heterocycles. The molecule has 1 atom stereocenters. The number of aromatic hydroxyl groups is 1.